The van der Waals surface area contributed by atoms with Gasteiger partial charge in [-0.15, -0.1) is 5.10 Å². The van der Waals surface area contributed by atoms with E-state index in [0.717, 1.165) is 42.9 Å². The Morgan fingerprint density at radius 3 is 2.56 bits per heavy atom. The fourth-order valence-corrected chi connectivity index (χ4v) is 3.71. The van der Waals surface area contributed by atoms with E-state index in [-0.39, 0.29) is 11.6 Å². The average molecular weight is 365 g/mol. The third-order valence-electron chi connectivity index (χ3n) is 5.22. The molecule has 1 saturated heterocycles. The lowest BCUT2D eigenvalue weighted by Gasteiger charge is -2.38. The van der Waals surface area contributed by atoms with Crippen LogP contribution in [0.5, 0.6) is 0 Å². The molecule has 7 nitrogen and oxygen atoms in total. The number of nitrogens with zero attached hydrogens (tertiary/aromatic N) is 7. The number of tetrazole rings is 1. The number of hydrogen-bond acceptors (Lipinski definition) is 6. The van der Waals surface area contributed by atoms with Gasteiger partial charge in [0.1, 0.15) is 0 Å². The molecule has 0 spiro atoms. The molecule has 1 atom stereocenters. The Morgan fingerprint density at radius 2 is 1.81 bits per heavy atom. The Labute approximate surface area is 160 Å². The molecule has 27 heavy (non-hydrogen) atoms. The van der Waals surface area contributed by atoms with Gasteiger partial charge >= 0.3 is 0 Å². The van der Waals surface area contributed by atoms with Crippen molar-refractivity contribution in [1.29, 1.82) is 0 Å². The van der Waals surface area contributed by atoms with Crippen LogP contribution in [0.4, 0.5) is 0 Å². The zero-order valence-electron chi connectivity index (χ0n) is 16.5. The maximum Gasteiger partial charge on any atom is 0.173 e. The van der Waals surface area contributed by atoms with Crippen LogP contribution < -0.4 is 0 Å². The van der Waals surface area contributed by atoms with Crippen LogP contribution >= 0.6 is 0 Å². The standard InChI is InChI=1S/C20H27N7/c1-20(2,3)27-19(22-23-24-27)18(26-12-10-25(4)11-13-26)16-7-8-17-15(14-16)6-5-9-21-17/h5-9,14,18H,10-13H2,1-4H3/t18-/m0/s1. The molecule has 0 unspecified atom stereocenters. The van der Waals surface area contributed by atoms with Crippen molar-refractivity contribution in [3.05, 3.63) is 47.9 Å². The molecular formula is C20H27N7. The third-order valence-corrected chi connectivity index (χ3v) is 5.22. The number of benzene rings is 1. The number of pyridine rings is 1. The molecule has 1 aromatic carbocycles. The van der Waals surface area contributed by atoms with Gasteiger partial charge in [-0.05, 0) is 62.0 Å². The predicted molar refractivity (Wildman–Crippen MR) is 105 cm³/mol. The first-order chi connectivity index (χ1) is 12.9. The molecule has 0 saturated carbocycles. The van der Waals surface area contributed by atoms with Crippen molar-refractivity contribution in [2.45, 2.75) is 32.4 Å². The summed E-state index contributed by atoms with van der Waals surface area (Å²) < 4.78 is 1.96. The second kappa shape index (κ2) is 6.98. The molecule has 142 valence electrons. The van der Waals surface area contributed by atoms with Gasteiger partial charge in [0.05, 0.1) is 17.1 Å². The van der Waals surface area contributed by atoms with Crippen LogP contribution in [0.3, 0.4) is 0 Å². The van der Waals surface area contributed by atoms with Gasteiger partial charge in [0, 0.05) is 37.8 Å². The van der Waals surface area contributed by atoms with E-state index in [1.54, 1.807) is 0 Å². The zero-order chi connectivity index (χ0) is 19.0. The summed E-state index contributed by atoms with van der Waals surface area (Å²) in [7, 11) is 2.17. The summed E-state index contributed by atoms with van der Waals surface area (Å²) in [6.07, 6.45) is 1.83. The molecule has 0 aliphatic carbocycles. The topological polar surface area (TPSA) is 63.0 Å². The molecule has 4 rings (SSSR count). The summed E-state index contributed by atoms with van der Waals surface area (Å²) in [5, 5.41) is 13.9. The van der Waals surface area contributed by atoms with Gasteiger partial charge in [0.25, 0.3) is 0 Å². The maximum absolute atomic E-state index is 4.46. The Morgan fingerprint density at radius 1 is 1.04 bits per heavy atom. The van der Waals surface area contributed by atoms with Crippen molar-refractivity contribution in [2.24, 2.45) is 0 Å². The van der Waals surface area contributed by atoms with Crippen LogP contribution in [-0.4, -0.2) is 68.2 Å². The van der Waals surface area contributed by atoms with Gasteiger partial charge in [-0.1, -0.05) is 12.1 Å². The first-order valence-electron chi connectivity index (χ1n) is 9.49. The van der Waals surface area contributed by atoms with Crippen LogP contribution in [0.15, 0.2) is 36.5 Å². The summed E-state index contributed by atoms with van der Waals surface area (Å²) in [6.45, 7) is 10.5. The molecular weight excluding hydrogens is 338 g/mol. The van der Waals surface area contributed by atoms with Crippen LogP contribution in [0.2, 0.25) is 0 Å². The Kier molecular flexibility index (Phi) is 4.65. The summed E-state index contributed by atoms with van der Waals surface area (Å²) in [6, 6.07) is 10.6. The largest absolute Gasteiger partial charge is 0.304 e. The zero-order valence-corrected chi connectivity index (χ0v) is 16.5. The second-order valence-corrected chi connectivity index (χ2v) is 8.32. The Bertz CT molecular complexity index is 919. The summed E-state index contributed by atoms with van der Waals surface area (Å²) in [5.41, 5.74) is 2.04. The normalized spacial score (nSPS) is 18.1. The highest BCUT2D eigenvalue weighted by Crippen LogP contribution is 2.31. The number of aromatic nitrogens is 5. The monoisotopic (exact) mass is 365 g/mol. The third kappa shape index (κ3) is 3.57. The van der Waals surface area contributed by atoms with Crippen molar-refractivity contribution in [3.63, 3.8) is 0 Å². The Hall–Kier alpha value is -2.38. The molecule has 0 bridgehead atoms. The van der Waals surface area contributed by atoms with Gasteiger partial charge in [-0.3, -0.25) is 9.88 Å². The van der Waals surface area contributed by atoms with E-state index in [0.29, 0.717) is 0 Å². The lowest BCUT2D eigenvalue weighted by Crippen LogP contribution is -2.47. The highest BCUT2D eigenvalue weighted by molar-refractivity contribution is 5.79. The minimum atomic E-state index is -0.179. The first kappa shape index (κ1) is 18.0. The van der Waals surface area contributed by atoms with Gasteiger partial charge < -0.3 is 4.90 Å². The number of rotatable bonds is 3. The van der Waals surface area contributed by atoms with E-state index in [9.17, 15) is 0 Å². The molecule has 1 fully saturated rings. The van der Waals surface area contributed by atoms with Crippen molar-refractivity contribution in [3.8, 4) is 0 Å². The quantitative estimate of drug-likeness (QED) is 0.710. The first-order valence-corrected chi connectivity index (χ1v) is 9.49. The highest BCUT2D eigenvalue weighted by Gasteiger charge is 2.32. The molecule has 1 aliphatic heterocycles. The molecule has 7 heteroatoms. The smallest absolute Gasteiger partial charge is 0.173 e. The number of likely N-dealkylation sites (N-methyl/N-ethyl adjacent to an activating group) is 1. The lowest BCUT2D eigenvalue weighted by atomic mass is 10.00. The van der Waals surface area contributed by atoms with Crippen molar-refractivity contribution in [1.82, 2.24) is 35.0 Å². The van der Waals surface area contributed by atoms with Crippen LogP contribution in [0.1, 0.15) is 38.2 Å². The fourth-order valence-electron chi connectivity index (χ4n) is 3.71. The van der Waals surface area contributed by atoms with E-state index in [4.69, 9.17) is 0 Å². The average Bonchev–Trinajstić information content (AvgIpc) is 3.13. The van der Waals surface area contributed by atoms with Gasteiger partial charge in [0.15, 0.2) is 5.82 Å². The van der Waals surface area contributed by atoms with E-state index in [2.05, 4.69) is 82.4 Å². The SMILES string of the molecule is CN1CCN([C@@H](c2ccc3ncccc3c2)c2nnnn2C(C)(C)C)CC1. The van der Waals surface area contributed by atoms with Gasteiger partial charge in [-0.2, -0.15) is 0 Å². The van der Waals surface area contributed by atoms with E-state index in [1.165, 1.54) is 5.56 Å². The molecule has 0 N–H and O–H groups in total. The number of fused-ring (bicyclic) bond motifs is 1. The van der Waals surface area contributed by atoms with Crippen molar-refractivity contribution >= 4 is 10.9 Å². The van der Waals surface area contributed by atoms with Crippen molar-refractivity contribution < 1.29 is 0 Å². The second-order valence-electron chi connectivity index (χ2n) is 8.32. The van der Waals surface area contributed by atoms with E-state index < -0.39 is 0 Å². The summed E-state index contributed by atoms with van der Waals surface area (Å²) in [4.78, 5) is 9.32. The van der Waals surface area contributed by atoms with Crippen LogP contribution in [0.25, 0.3) is 10.9 Å². The molecule has 1 aliphatic rings. The minimum absolute atomic E-state index is 0.0255. The molecule has 3 aromatic rings. The maximum atomic E-state index is 4.46. The summed E-state index contributed by atoms with van der Waals surface area (Å²) >= 11 is 0. The predicted octanol–water partition coefficient (Wildman–Crippen LogP) is 2.31. The van der Waals surface area contributed by atoms with Crippen molar-refractivity contribution in [2.75, 3.05) is 33.2 Å². The summed E-state index contributed by atoms with van der Waals surface area (Å²) in [5.74, 6) is 0.898. The van der Waals surface area contributed by atoms with Gasteiger partial charge in [-0.25, -0.2) is 4.68 Å². The molecule has 0 radical (unpaired) electrons. The highest BCUT2D eigenvalue weighted by atomic mass is 15.6. The fraction of sp³-hybridized carbons (Fsp3) is 0.500. The van der Waals surface area contributed by atoms with E-state index >= 15 is 0 Å². The molecule has 3 heterocycles. The lowest BCUT2D eigenvalue weighted by molar-refractivity contribution is 0.118. The molecule has 2 aromatic heterocycles. The number of piperazine rings is 1. The van der Waals surface area contributed by atoms with Crippen LogP contribution in [-0.2, 0) is 5.54 Å². The van der Waals surface area contributed by atoms with Crippen LogP contribution in [0, 0.1) is 0 Å². The Balaban J connectivity index is 1.82. The minimum Gasteiger partial charge on any atom is -0.304 e. The molecule has 0 amide bonds. The number of hydrogen-bond donors (Lipinski definition) is 0. The van der Waals surface area contributed by atoms with E-state index in [1.807, 2.05) is 16.9 Å². The van der Waals surface area contributed by atoms with Gasteiger partial charge in [0.2, 0.25) is 0 Å².